The molecule has 1 fully saturated rings. The van der Waals surface area contributed by atoms with Gasteiger partial charge in [-0.15, -0.1) is 0 Å². The van der Waals surface area contributed by atoms with E-state index >= 15 is 0 Å². The molecule has 0 aromatic rings. The van der Waals surface area contributed by atoms with Crippen molar-refractivity contribution in [3.63, 3.8) is 0 Å². The van der Waals surface area contributed by atoms with Crippen LogP contribution in [-0.4, -0.2) is 34.8 Å². The van der Waals surface area contributed by atoms with Gasteiger partial charge in [-0.25, -0.2) is 4.79 Å². The molecule has 0 spiro atoms. The molecule has 0 aliphatic heterocycles. The van der Waals surface area contributed by atoms with Crippen LogP contribution in [0.15, 0.2) is 0 Å². The van der Waals surface area contributed by atoms with Crippen molar-refractivity contribution >= 4 is 23.4 Å². The highest BCUT2D eigenvalue weighted by molar-refractivity contribution is 7.80. The summed E-state index contributed by atoms with van der Waals surface area (Å²) in [5.41, 5.74) is -0.488. The largest absolute Gasteiger partial charge is 0.444 e. The summed E-state index contributed by atoms with van der Waals surface area (Å²) in [6.45, 7) is 5.46. The van der Waals surface area contributed by atoms with Gasteiger partial charge in [0.15, 0.2) is 5.11 Å². The molecule has 1 aliphatic carbocycles. The summed E-state index contributed by atoms with van der Waals surface area (Å²) in [6, 6.07) is 0.493. The normalized spacial score (nSPS) is 15.7. The van der Waals surface area contributed by atoms with Gasteiger partial charge in [0.2, 0.25) is 0 Å². The lowest BCUT2D eigenvalue weighted by molar-refractivity contribution is 0.0559. The molecule has 0 atom stereocenters. The van der Waals surface area contributed by atoms with Crippen molar-refractivity contribution in [2.75, 3.05) is 7.05 Å². The number of ether oxygens (including phenoxy) is 1. The lowest BCUT2D eigenvalue weighted by atomic mass is 10.2. The van der Waals surface area contributed by atoms with Gasteiger partial charge in [-0.2, -0.15) is 0 Å². The number of thiocarbonyl (C=S) groups is 1. The van der Waals surface area contributed by atoms with E-state index in [9.17, 15) is 4.79 Å². The van der Waals surface area contributed by atoms with E-state index in [0.717, 1.165) is 12.8 Å². The fourth-order valence-electron chi connectivity index (χ4n) is 1.11. The van der Waals surface area contributed by atoms with E-state index in [0.29, 0.717) is 11.2 Å². The molecule has 1 amide bonds. The van der Waals surface area contributed by atoms with Crippen LogP contribution in [-0.2, 0) is 4.74 Å². The molecule has 0 bridgehead atoms. The number of carbonyl (C=O) groups excluding carboxylic acids is 1. The third kappa shape index (κ3) is 4.46. The molecule has 1 aliphatic rings. The summed E-state index contributed by atoms with van der Waals surface area (Å²) in [6.07, 6.45) is 1.80. The zero-order valence-electron chi connectivity index (χ0n) is 9.66. The maximum Gasteiger partial charge on any atom is 0.413 e. The van der Waals surface area contributed by atoms with Crippen LogP contribution < -0.4 is 5.32 Å². The van der Waals surface area contributed by atoms with E-state index in [1.54, 1.807) is 0 Å². The summed E-state index contributed by atoms with van der Waals surface area (Å²) in [5.74, 6) is 0. The van der Waals surface area contributed by atoms with E-state index in [-0.39, 0.29) is 0 Å². The molecule has 0 aromatic carbocycles. The molecule has 15 heavy (non-hydrogen) atoms. The zero-order valence-corrected chi connectivity index (χ0v) is 10.5. The van der Waals surface area contributed by atoms with E-state index in [1.807, 2.05) is 32.7 Å². The van der Waals surface area contributed by atoms with Crippen LogP contribution in [0.2, 0.25) is 0 Å². The predicted octanol–water partition coefficient (Wildman–Crippen LogP) is 1.89. The number of hydrogen-bond acceptors (Lipinski definition) is 3. The van der Waals surface area contributed by atoms with Crippen molar-refractivity contribution in [3.8, 4) is 0 Å². The maximum absolute atomic E-state index is 11.4. The molecule has 1 saturated carbocycles. The molecule has 86 valence electrons. The summed E-state index contributed by atoms with van der Waals surface area (Å²) in [5, 5.41) is 2.99. The topological polar surface area (TPSA) is 41.6 Å². The standard InChI is InChI=1S/C10H18N2O2S/c1-10(2,3)14-9(13)11-8(15)12(4)7-5-6-7/h7H,5-6H2,1-4H3,(H,11,13,15). The molecule has 0 radical (unpaired) electrons. The highest BCUT2D eigenvalue weighted by Gasteiger charge is 2.29. The minimum atomic E-state index is -0.488. The molecule has 1 N–H and O–H groups in total. The highest BCUT2D eigenvalue weighted by atomic mass is 32.1. The molecule has 5 heteroatoms. The Morgan fingerprint density at radius 3 is 2.40 bits per heavy atom. The predicted molar refractivity (Wildman–Crippen MR) is 62.8 cm³/mol. The van der Waals surface area contributed by atoms with Gasteiger partial charge >= 0.3 is 6.09 Å². The summed E-state index contributed by atoms with van der Waals surface area (Å²) in [4.78, 5) is 13.3. The number of carbonyl (C=O) groups is 1. The van der Waals surface area contributed by atoms with E-state index in [2.05, 4.69) is 5.32 Å². The van der Waals surface area contributed by atoms with Crippen LogP contribution in [0.25, 0.3) is 0 Å². The Morgan fingerprint density at radius 1 is 1.47 bits per heavy atom. The van der Waals surface area contributed by atoms with Crippen molar-refractivity contribution in [1.29, 1.82) is 0 Å². The van der Waals surface area contributed by atoms with Crippen LogP contribution in [0.3, 0.4) is 0 Å². The second kappa shape index (κ2) is 4.35. The van der Waals surface area contributed by atoms with Gasteiger partial charge in [0.25, 0.3) is 0 Å². The average Bonchev–Trinajstić information content (AvgIpc) is 2.80. The minimum absolute atomic E-state index is 0.437. The highest BCUT2D eigenvalue weighted by Crippen LogP contribution is 2.25. The van der Waals surface area contributed by atoms with Gasteiger partial charge in [0, 0.05) is 13.1 Å². The second-order valence-electron chi connectivity index (χ2n) is 4.77. The summed E-state index contributed by atoms with van der Waals surface area (Å²) >= 11 is 5.07. The Hall–Kier alpha value is -0.840. The molecule has 4 nitrogen and oxygen atoms in total. The van der Waals surface area contributed by atoms with Gasteiger partial charge in [-0.3, -0.25) is 5.32 Å². The first-order valence-corrected chi connectivity index (χ1v) is 5.47. The van der Waals surface area contributed by atoms with Crippen LogP contribution in [0.5, 0.6) is 0 Å². The van der Waals surface area contributed by atoms with Crippen molar-refractivity contribution in [3.05, 3.63) is 0 Å². The van der Waals surface area contributed by atoms with Crippen LogP contribution in [0.4, 0.5) is 4.79 Å². The lowest BCUT2D eigenvalue weighted by Crippen LogP contribution is -2.43. The van der Waals surface area contributed by atoms with Crippen LogP contribution in [0.1, 0.15) is 33.6 Å². The van der Waals surface area contributed by atoms with E-state index in [4.69, 9.17) is 17.0 Å². The molecule has 0 aromatic heterocycles. The number of alkyl carbamates (subject to hydrolysis) is 1. The molecule has 0 saturated heterocycles. The van der Waals surface area contributed by atoms with E-state index in [1.165, 1.54) is 0 Å². The Balaban J connectivity index is 2.34. The van der Waals surface area contributed by atoms with E-state index < -0.39 is 11.7 Å². The fourth-order valence-corrected chi connectivity index (χ4v) is 1.34. The monoisotopic (exact) mass is 230 g/mol. The van der Waals surface area contributed by atoms with Crippen molar-refractivity contribution in [1.82, 2.24) is 10.2 Å². The Kier molecular flexibility index (Phi) is 3.54. The van der Waals surface area contributed by atoms with Gasteiger partial charge in [0.1, 0.15) is 5.60 Å². The number of nitrogens with zero attached hydrogens (tertiary/aromatic N) is 1. The minimum Gasteiger partial charge on any atom is -0.444 e. The quantitative estimate of drug-likeness (QED) is 0.698. The molecular weight excluding hydrogens is 212 g/mol. The zero-order chi connectivity index (χ0) is 11.6. The molecule has 0 heterocycles. The number of amides is 1. The Morgan fingerprint density at radius 2 is 2.00 bits per heavy atom. The van der Waals surface area contributed by atoms with Crippen molar-refractivity contribution < 1.29 is 9.53 Å². The Labute approximate surface area is 96.0 Å². The fraction of sp³-hybridized carbons (Fsp3) is 0.800. The third-order valence-corrected chi connectivity index (χ3v) is 2.41. The van der Waals surface area contributed by atoms with Gasteiger partial charge in [-0.1, -0.05) is 0 Å². The van der Waals surface area contributed by atoms with Crippen molar-refractivity contribution in [2.24, 2.45) is 0 Å². The number of rotatable bonds is 1. The SMILES string of the molecule is CN(C(=S)NC(=O)OC(C)(C)C)C1CC1. The average molecular weight is 230 g/mol. The summed E-state index contributed by atoms with van der Waals surface area (Å²) < 4.78 is 5.09. The summed E-state index contributed by atoms with van der Waals surface area (Å²) in [7, 11) is 1.89. The van der Waals surface area contributed by atoms with Gasteiger partial charge in [-0.05, 0) is 45.8 Å². The van der Waals surface area contributed by atoms with Crippen molar-refractivity contribution in [2.45, 2.75) is 45.3 Å². The molecule has 0 unspecified atom stereocenters. The second-order valence-corrected chi connectivity index (χ2v) is 5.16. The Bertz CT molecular complexity index is 269. The first kappa shape index (κ1) is 12.2. The lowest BCUT2D eigenvalue weighted by Gasteiger charge is -2.23. The molecular formula is C10H18N2O2S. The maximum atomic E-state index is 11.4. The first-order valence-electron chi connectivity index (χ1n) is 5.06. The van der Waals surface area contributed by atoms with Gasteiger partial charge in [0.05, 0.1) is 0 Å². The third-order valence-electron chi connectivity index (χ3n) is 2.02. The smallest absolute Gasteiger partial charge is 0.413 e. The first-order chi connectivity index (χ1) is 6.79. The van der Waals surface area contributed by atoms with Gasteiger partial charge < -0.3 is 9.64 Å². The number of nitrogens with one attached hydrogen (secondary N) is 1. The molecule has 1 rings (SSSR count). The number of hydrogen-bond donors (Lipinski definition) is 1. The van der Waals surface area contributed by atoms with Crippen LogP contribution >= 0.6 is 12.2 Å². The van der Waals surface area contributed by atoms with Crippen LogP contribution in [0, 0.1) is 0 Å².